The van der Waals surface area contributed by atoms with E-state index in [4.69, 9.17) is 4.74 Å². The molecule has 2 aromatic rings. The summed E-state index contributed by atoms with van der Waals surface area (Å²) >= 11 is 3.26. The van der Waals surface area contributed by atoms with E-state index >= 15 is 0 Å². The van der Waals surface area contributed by atoms with Crippen LogP contribution in [0.4, 0.5) is 19.3 Å². The maximum absolute atomic E-state index is 14.2. The van der Waals surface area contributed by atoms with Crippen LogP contribution in [-0.2, 0) is 4.74 Å². The van der Waals surface area contributed by atoms with Gasteiger partial charge in [-0.3, -0.25) is 19.8 Å². The number of carbonyl (C=O) groups is 3. The highest BCUT2D eigenvalue weighted by Gasteiger charge is 2.42. The van der Waals surface area contributed by atoms with Gasteiger partial charge < -0.3 is 4.74 Å². The van der Waals surface area contributed by atoms with E-state index in [9.17, 15) is 23.2 Å². The third-order valence-electron chi connectivity index (χ3n) is 4.42. The minimum absolute atomic E-state index is 0.00776. The van der Waals surface area contributed by atoms with Gasteiger partial charge in [-0.05, 0) is 45.9 Å². The number of anilines is 1. The van der Waals surface area contributed by atoms with E-state index in [2.05, 4.69) is 21.2 Å². The predicted molar refractivity (Wildman–Crippen MR) is 109 cm³/mol. The molecule has 0 fully saturated rings. The van der Waals surface area contributed by atoms with E-state index in [0.29, 0.717) is 10.5 Å². The first-order chi connectivity index (χ1) is 13.9. The molecule has 9 heteroatoms. The minimum Gasteiger partial charge on any atom is -0.444 e. The Kier molecular flexibility index (Phi) is 5.68. The Morgan fingerprint density at radius 3 is 2.40 bits per heavy atom. The first-order valence-electron chi connectivity index (χ1n) is 9.05. The van der Waals surface area contributed by atoms with E-state index in [0.717, 1.165) is 11.0 Å². The van der Waals surface area contributed by atoms with Crippen molar-refractivity contribution in [3.8, 4) is 0 Å². The van der Waals surface area contributed by atoms with E-state index in [-0.39, 0.29) is 22.4 Å². The van der Waals surface area contributed by atoms with E-state index < -0.39 is 41.2 Å². The second-order valence-electron chi connectivity index (χ2n) is 7.82. The summed E-state index contributed by atoms with van der Waals surface area (Å²) in [6.07, 6.45) is -0.792. The highest BCUT2D eigenvalue weighted by molar-refractivity contribution is 9.10. The number of imide groups is 1. The fraction of sp³-hybridized carbons (Fsp3) is 0.286. The number of rotatable bonds is 3. The Balaban J connectivity index is 1.99. The van der Waals surface area contributed by atoms with Crippen LogP contribution in [0.25, 0.3) is 0 Å². The quantitative estimate of drug-likeness (QED) is 0.594. The molecule has 1 N–H and O–H groups in total. The molecule has 0 saturated heterocycles. The lowest BCUT2D eigenvalue weighted by molar-refractivity contribution is 0.0592. The van der Waals surface area contributed by atoms with Crippen LogP contribution in [0.3, 0.4) is 0 Å². The highest BCUT2D eigenvalue weighted by atomic mass is 79.9. The molecule has 1 aliphatic heterocycles. The van der Waals surface area contributed by atoms with Crippen molar-refractivity contribution < 1.29 is 27.9 Å². The molecule has 1 heterocycles. The molecular weight excluding hydrogens is 462 g/mol. The fourth-order valence-corrected chi connectivity index (χ4v) is 3.65. The van der Waals surface area contributed by atoms with Crippen molar-refractivity contribution >= 4 is 39.5 Å². The Labute approximate surface area is 180 Å². The summed E-state index contributed by atoms with van der Waals surface area (Å²) in [6, 6.07) is 4.86. The number of amides is 3. The Hall–Kier alpha value is -2.81. The van der Waals surface area contributed by atoms with Crippen molar-refractivity contribution in [3.63, 3.8) is 0 Å². The second-order valence-corrected chi connectivity index (χ2v) is 8.74. The number of hydrogen-bond acceptors (Lipinski definition) is 4. The zero-order valence-corrected chi connectivity index (χ0v) is 18.3. The van der Waals surface area contributed by atoms with Crippen LogP contribution in [0.2, 0.25) is 0 Å². The standard InChI is InChI=1S/C21H19BrF2N2O4/c1-10(13-6-5-12(23)9-15(13)24)26-18(27)14-7-11(22)8-16(17(14)19(26)28)25-20(29)30-21(2,3)4/h5-10H,1-4H3,(H,25,29)/t10-/m1/s1. The van der Waals surface area contributed by atoms with Crippen LogP contribution in [0, 0.1) is 11.6 Å². The minimum atomic E-state index is -0.994. The normalized spacial score (nSPS) is 14.6. The Morgan fingerprint density at radius 1 is 1.13 bits per heavy atom. The lowest BCUT2D eigenvalue weighted by atomic mass is 10.1. The van der Waals surface area contributed by atoms with E-state index in [1.807, 2.05) is 0 Å². The molecule has 0 radical (unpaired) electrons. The second kappa shape index (κ2) is 7.79. The summed E-state index contributed by atoms with van der Waals surface area (Å²) in [5.41, 5.74) is -0.661. The van der Waals surface area contributed by atoms with Gasteiger partial charge in [0, 0.05) is 16.1 Å². The molecule has 1 atom stereocenters. The number of nitrogens with zero attached hydrogens (tertiary/aromatic N) is 1. The van der Waals surface area contributed by atoms with Crippen molar-refractivity contribution in [2.24, 2.45) is 0 Å². The van der Waals surface area contributed by atoms with Gasteiger partial charge in [-0.15, -0.1) is 0 Å². The molecule has 3 rings (SSSR count). The van der Waals surface area contributed by atoms with Crippen molar-refractivity contribution in [1.29, 1.82) is 0 Å². The fourth-order valence-electron chi connectivity index (χ4n) is 3.19. The molecule has 1 aliphatic rings. The van der Waals surface area contributed by atoms with E-state index in [1.54, 1.807) is 20.8 Å². The largest absolute Gasteiger partial charge is 0.444 e. The maximum atomic E-state index is 14.2. The highest BCUT2D eigenvalue weighted by Crippen LogP contribution is 2.37. The van der Waals surface area contributed by atoms with Crippen LogP contribution in [0.1, 0.15) is 60.0 Å². The van der Waals surface area contributed by atoms with Crippen molar-refractivity contribution in [3.05, 3.63) is 63.1 Å². The van der Waals surface area contributed by atoms with Crippen molar-refractivity contribution in [2.45, 2.75) is 39.3 Å². The molecule has 0 unspecified atom stereocenters. The van der Waals surface area contributed by atoms with Gasteiger partial charge in [-0.2, -0.15) is 0 Å². The number of ether oxygens (including phenoxy) is 1. The molecule has 3 amide bonds. The van der Waals surface area contributed by atoms with Gasteiger partial charge in [-0.1, -0.05) is 22.0 Å². The van der Waals surface area contributed by atoms with E-state index in [1.165, 1.54) is 25.1 Å². The smallest absolute Gasteiger partial charge is 0.412 e. The van der Waals surface area contributed by atoms with Crippen molar-refractivity contribution in [1.82, 2.24) is 4.90 Å². The summed E-state index contributed by atoms with van der Waals surface area (Å²) in [5.74, 6) is -2.99. The monoisotopic (exact) mass is 480 g/mol. The molecule has 0 spiro atoms. The zero-order valence-electron chi connectivity index (χ0n) is 16.7. The van der Waals surface area contributed by atoms with Gasteiger partial charge in [0.1, 0.15) is 17.2 Å². The average Bonchev–Trinajstić information content (AvgIpc) is 2.83. The number of hydrogen-bond donors (Lipinski definition) is 1. The van der Waals surface area contributed by atoms with Gasteiger partial charge in [0.25, 0.3) is 11.8 Å². The average molecular weight is 481 g/mol. The summed E-state index contributed by atoms with van der Waals surface area (Å²) in [5, 5.41) is 2.49. The number of carbonyl (C=O) groups excluding carboxylic acids is 3. The summed E-state index contributed by atoms with van der Waals surface area (Å²) in [4.78, 5) is 39.1. The number of benzene rings is 2. The summed E-state index contributed by atoms with van der Waals surface area (Å²) in [6.45, 7) is 6.53. The number of halogens is 3. The lowest BCUT2D eigenvalue weighted by Crippen LogP contribution is -2.33. The van der Waals surface area contributed by atoms with Crippen LogP contribution >= 0.6 is 15.9 Å². The maximum Gasteiger partial charge on any atom is 0.412 e. The predicted octanol–water partition coefficient (Wildman–Crippen LogP) is 5.43. The molecule has 0 bridgehead atoms. The lowest BCUT2D eigenvalue weighted by Gasteiger charge is -2.23. The topological polar surface area (TPSA) is 75.7 Å². The van der Waals surface area contributed by atoms with Crippen LogP contribution in [0.5, 0.6) is 0 Å². The van der Waals surface area contributed by atoms with Crippen LogP contribution < -0.4 is 5.32 Å². The molecule has 6 nitrogen and oxygen atoms in total. The summed E-state index contributed by atoms with van der Waals surface area (Å²) in [7, 11) is 0. The van der Waals surface area contributed by atoms with Gasteiger partial charge in [0.2, 0.25) is 0 Å². The van der Waals surface area contributed by atoms with Gasteiger partial charge in [0.05, 0.1) is 22.9 Å². The first-order valence-corrected chi connectivity index (χ1v) is 9.84. The van der Waals surface area contributed by atoms with Gasteiger partial charge in [0.15, 0.2) is 0 Å². The summed E-state index contributed by atoms with van der Waals surface area (Å²) < 4.78 is 33.2. The van der Waals surface area contributed by atoms with Crippen molar-refractivity contribution in [2.75, 3.05) is 5.32 Å². The molecule has 0 saturated carbocycles. The third kappa shape index (κ3) is 4.21. The first kappa shape index (κ1) is 21.9. The third-order valence-corrected chi connectivity index (χ3v) is 4.88. The molecular formula is C21H19BrF2N2O4. The van der Waals surface area contributed by atoms with Gasteiger partial charge in [-0.25, -0.2) is 13.6 Å². The number of fused-ring (bicyclic) bond motifs is 1. The number of nitrogens with one attached hydrogen (secondary N) is 1. The van der Waals surface area contributed by atoms with Crippen LogP contribution in [0.15, 0.2) is 34.8 Å². The van der Waals surface area contributed by atoms with Gasteiger partial charge >= 0.3 is 6.09 Å². The molecule has 158 valence electrons. The molecule has 0 aromatic heterocycles. The molecule has 30 heavy (non-hydrogen) atoms. The SMILES string of the molecule is C[C@H](c1ccc(F)cc1F)N1C(=O)c2cc(Br)cc(NC(=O)OC(C)(C)C)c2C1=O. The Bertz CT molecular complexity index is 1070. The molecule has 0 aliphatic carbocycles. The zero-order chi connectivity index (χ0) is 22.4. The molecule has 2 aromatic carbocycles. The van der Waals surface area contributed by atoms with Crippen LogP contribution in [-0.4, -0.2) is 28.4 Å². The Morgan fingerprint density at radius 2 is 1.80 bits per heavy atom.